The predicted molar refractivity (Wildman–Crippen MR) is 89.0 cm³/mol. The van der Waals surface area contributed by atoms with E-state index in [1.165, 1.54) is 12.0 Å². The van der Waals surface area contributed by atoms with Gasteiger partial charge < -0.3 is 14.2 Å². The van der Waals surface area contributed by atoms with E-state index in [2.05, 4.69) is 16.1 Å². The SMILES string of the molecule is Cc1cc(OCC(=O)N2C[C@@H]3CCCN3Cc3ccccc32)no1. The first-order valence-electron chi connectivity index (χ1n) is 8.39. The average molecular weight is 327 g/mol. The molecule has 0 radical (unpaired) electrons. The van der Waals surface area contributed by atoms with Crippen molar-refractivity contribution in [3.8, 4) is 5.88 Å². The number of ether oxygens (including phenoxy) is 1. The van der Waals surface area contributed by atoms with Crippen LogP contribution in [0.15, 0.2) is 34.9 Å². The highest BCUT2D eigenvalue weighted by molar-refractivity contribution is 5.95. The van der Waals surface area contributed by atoms with Crippen LogP contribution in [0.2, 0.25) is 0 Å². The summed E-state index contributed by atoms with van der Waals surface area (Å²) in [5, 5.41) is 3.77. The van der Waals surface area contributed by atoms with Crippen LogP contribution in [0, 0.1) is 6.92 Å². The molecule has 2 aromatic rings. The summed E-state index contributed by atoms with van der Waals surface area (Å²) in [6, 6.07) is 10.3. The van der Waals surface area contributed by atoms with Gasteiger partial charge in [0.15, 0.2) is 6.61 Å². The molecule has 1 aromatic carbocycles. The Morgan fingerprint density at radius 2 is 2.29 bits per heavy atom. The molecule has 0 bridgehead atoms. The zero-order valence-electron chi connectivity index (χ0n) is 13.8. The molecule has 2 aliphatic heterocycles. The maximum atomic E-state index is 12.8. The minimum absolute atomic E-state index is 0.0347. The molecule has 1 fully saturated rings. The first kappa shape index (κ1) is 15.2. The summed E-state index contributed by atoms with van der Waals surface area (Å²) in [5.74, 6) is 0.975. The fraction of sp³-hybridized carbons (Fsp3) is 0.444. The highest BCUT2D eigenvalue weighted by Crippen LogP contribution is 2.31. The molecule has 126 valence electrons. The lowest BCUT2D eigenvalue weighted by molar-refractivity contribution is -0.120. The quantitative estimate of drug-likeness (QED) is 0.866. The maximum Gasteiger partial charge on any atom is 0.265 e. The molecule has 2 aliphatic rings. The van der Waals surface area contributed by atoms with Crippen LogP contribution in [0.25, 0.3) is 0 Å². The Morgan fingerprint density at radius 1 is 1.42 bits per heavy atom. The van der Waals surface area contributed by atoms with E-state index in [1.54, 1.807) is 13.0 Å². The van der Waals surface area contributed by atoms with E-state index in [4.69, 9.17) is 9.26 Å². The normalized spacial score (nSPS) is 20.4. The number of nitrogens with zero attached hydrogens (tertiary/aromatic N) is 3. The lowest BCUT2D eigenvalue weighted by atomic mass is 10.1. The third kappa shape index (κ3) is 2.89. The lowest BCUT2D eigenvalue weighted by Crippen LogP contribution is -2.42. The van der Waals surface area contributed by atoms with Crippen LogP contribution >= 0.6 is 0 Å². The van der Waals surface area contributed by atoms with E-state index < -0.39 is 0 Å². The third-order valence-electron chi connectivity index (χ3n) is 4.80. The molecule has 0 aliphatic carbocycles. The number of carbonyl (C=O) groups excluding carboxylic acids is 1. The number of aromatic nitrogens is 1. The van der Waals surface area contributed by atoms with Gasteiger partial charge >= 0.3 is 0 Å². The molecular weight excluding hydrogens is 306 g/mol. The topological polar surface area (TPSA) is 58.8 Å². The number of anilines is 1. The smallest absolute Gasteiger partial charge is 0.265 e. The number of aryl methyl sites for hydroxylation is 1. The Bertz CT molecular complexity index is 743. The van der Waals surface area contributed by atoms with E-state index >= 15 is 0 Å². The molecule has 0 saturated carbocycles. The highest BCUT2D eigenvalue weighted by Gasteiger charge is 2.33. The Balaban J connectivity index is 1.54. The molecule has 24 heavy (non-hydrogen) atoms. The first-order chi connectivity index (χ1) is 11.7. The van der Waals surface area contributed by atoms with Gasteiger partial charge in [0.05, 0.1) is 0 Å². The Morgan fingerprint density at radius 3 is 3.12 bits per heavy atom. The molecule has 4 rings (SSSR count). The molecule has 1 amide bonds. The van der Waals surface area contributed by atoms with Crippen LogP contribution in [-0.2, 0) is 11.3 Å². The van der Waals surface area contributed by atoms with Crippen LogP contribution in [0.1, 0.15) is 24.2 Å². The molecule has 0 N–H and O–H groups in total. The van der Waals surface area contributed by atoms with Crippen LogP contribution in [0.3, 0.4) is 0 Å². The first-order valence-corrected chi connectivity index (χ1v) is 8.39. The molecule has 0 spiro atoms. The molecule has 6 heteroatoms. The number of hydrogen-bond donors (Lipinski definition) is 0. The van der Waals surface area contributed by atoms with Gasteiger partial charge in [-0.05, 0) is 43.1 Å². The summed E-state index contributed by atoms with van der Waals surface area (Å²) in [7, 11) is 0. The van der Waals surface area contributed by atoms with Crippen molar-refractivity contribution in [2.24, 2.45) is 0 Å². The molecule has 1 atom stereocenters. The number of carbonyl (C=O) groups is 1. The number of fused-ring (bicyclic) bond motifs is 2. The molecule has 0 unspecified atom stereocenters. The summed E-state index contributed by atoms with van der Waals surface area (Å²) < 4.78 is 10.5. The number of hydrogen-bond acceptors (Lipinski definition) is 5. The third-order valence-corrected chi connectivity index (χ3v) is 4.80. The van der Waals surface area contributed by atoms with Gasteiger partial charge in [0.25, 0.3) is 11.8 Å². The van der Waals surface area contributed by atoms with Crippen LogP contribution < -0.4 is 9.64 Å². The summed E-state index contributed by atoms with van der Waals surface area (Å²) >= 11 is 0. The second kappa shape index (κ2) is 6.28. The van der Waals surface area contributed by atoms with E-state index in [1.807, 2.05) is 23.1 Å². The molecule has 3 heterocycles. The monoisotopic (exact) mass is 327 g/mol. The summed E-state index contributed by atoms with van der Waals surface area (Å²) in [6.07, 6.45) is 2.34. The molecule has 1 aromatic heterocycles. The Hall–Kier alpha value is -2.34. The number of benzene rings is 1. The van der Waals surface area contributed by atoms with E-state index in [-0.39, 0.29) is 12.5 Å². The van der Waals surface area contributed by atoms with Gasteiger partial charge in [0.2, 0.25) is 0 Å². The average Bonchev–Trinajstić information content (AvgIpc) is 3.17. The fourth-order valence-electron chi connectivity index (χ4n) is 3.61. The summed E-state index contributed by atoms with van der Waals surface area (Å²) in [4.78, 5) is 17.2. The van der Waals surface area contributed by atoms with Crippen molar-refractivity contribution < 1.29 is 14.1 Å². The molecular formula is C18H21N3O3. The zero-order valence-corrected chi connectivity index (χ0v) is 13.8. The van der Waals surface area contributed by atoms with Crippen molar-refractivity contribution in [2.75, 3.05) is 24.6 Å². The second-order valence-electron chi connectivity index (χ2n) is 6.46. The van der Waals surface area contributed by atoms with E-state index in [9.17, 15) is 4.79 Å². The van der Waals surface area contributed by atoms with Crippen molar-refractivity contribution in [3.63, 3.8) is 0 Å². The zero-order chi connectivity index (χ0) is 16.5. The van der Waals surface area contributed by atoms with Crippen molar-refractivity contribution in [2.45, 2.75) is 32.4 Å². The van der Waals surface area contributed by atoms with Gasteiger partial charge in [-0.15, -0.1) is 0 Å². The fourth-order valence-corrected chi connectivity index (χ4v) is 3.61. The van der Waals surface area contributed by atoms with E-state index in [0.717, 1.165) is 31.7 Å². The Labute approximate surface area is 141 Å². The standard InChI is InChI=1S/C18H21N3O3/c1-13-9-17(19-24-13)23-12-18(22)21-11-15-6-4-8-20(15)10-14-5-2-3-7-16(14)21/h2-3,5,7,9,15H,4,6,8,10-12H2,1H3/t15-/m0/s1. The number of rotatable bonds is 3. The minimum Gasteiger partial charge on any atom is -0.465 e. The largest absolute Gasteiger partial charge is 0.465 e. The Kier molecular flexibility index (Phi) is 3.98. The van der Waals surface area contributed by atoms with Crippen molar-refractivity contribution in [1.29, 1.82) is 0 Å². The van der Waals surface area contributed by atoms with Gasteiger partial charge in [0, 0.05) is 30.9 Å². The minimum atomic E-state index is -0.0446. The van der Waals surface area contributed by atoms with E-state index in [0.29, 0.717) is 17.7 Å². The highest BCUT2D eigenvalue weighted by atomic mass is 16.5. The van der Waals surface area contributed by atoms with Crippen molar-refractivity contribution in [1.82, 2.24) is 10.1 Å². The summed E-state index contributed by atoms with van der Waals surface area (Å²) in [5.41, 5.74) is 2.20. The molecule has 1 saturated heterocycles. The predicted octanol–water partition coefficient (Wildman–Crippen LogP) is 2.37. The number of amides is 1. The van der Waals surface area contributed by atoms with Gasteiger partial charge in [-0.2, -0.15) is 0 Å². The van der Waals surface area contributed by atoms with Gasteiger partial charge in [-0.1, -0.05) is 18.2 Å². The lowest BCUT2D eigenvalue weighted by Gasteiger charge is -2.26. The van der Waals surface area contributed by atoms with Crippen molar-refractivity contribution >= 4 is 11.6 Å². The van der Waals surface area contributed by atoms with Gasteiger partial charge in [-0.3, -0.25) is 9.69 Å². The van der Waals surface area contributed by atoms with Crippen LogP contribution in [0.4, 0.5) is 5.69 Å². The number of para-hydroxylation sites is 1. The van der Waals surface area contributed by atoms with Crippen LogP contribution in [-0.4, -0.2) is 41.7 Å². The van der Waals surface area contributed by atoms with Gasteiger partial charge in [0.1, 0.15) is 5.76 Å². The molecule has 6 nitrogen and oxygen atoms in total. The second-order valence-corrected chi connectivity index (χ2v) is 6.46. The summed E-state index contributed by atoms with van der Waals surface area (Å²) in [6.45, 7) is 4.50. The van der Waals surface area contributed by atoms with Gasteiger partial charge in [-0.25, -0.2) is 0 Å². The van der Waals surface area contributed by atoms with Crippen LogP contribution in [0.5, 0.6) is 5.88 Å². The van der Waals surface area contributed by atoms with Crippen molar-refractivity contribution in [3.05, 3.63) is 41.7 Å². The maximum absolute atomic E-state index is 12.8.